The lowest BCUT2D eigenvalue weighted by molar-refractivity contribution is -0.107. The molecule has 3 nitrogen and oxygen atoms in total. The molecule has 1 fully saturated rings. The summed E-state index contributed by atoms with van der Waals surface area (Å²) in [6, 6.07) is 1.85. The zero-order valence-corrected chi connectivity index (χ0v) is 12.6. The van der Waals surface area contributed by atoms with Gasteiger partial charge >= 0.3 is 0 Å². The molecule has 106 valence electrons. The molecule has 0 amide bonds. The van der Waals surface area contributed by atoms with Crippen LogP contribution in [-0.4, -0.2) is 11.9 Å². The molecule has 2 atom stereocenters. The normalized spacial score (nSPS) is 24.5. The third-order valence-electron chi connectivity index (χ3n) is 3.86. The van der Waals surface area contributed by atoms with Gasteiger partial charge < -0.3 is 9.15 Å². The van der Waals surface area contributed by atoms with Gasteiger partial charge in [0.15, 0.2) is 5.78 Å². The lowest BCUT2D eigenvalue weighted by Crippen LogP contribution is -2.33. The molecule has 0 spiro atoms. The van der Waals surface area contributed by atoms with Gasteiger partial charge in [-0.2, -0.15) is 0 Å². The molecule has 0 saturated carbocycles. The van der Waals surface area contributed by atoms with Gasteiger partial charge in [-0.25, -0.2) is 0 Å². The molecule has 1 aromatic heterocycles. The van der Waals surface area contributed by atoms with Crippen LogP contribution >= 0.6 is 0 Å². The molecule has 19 heavy (non-hydrogen) atoms. The average molecular weight is 264 g/mol. The largest absolute Gasteiger partial charge is 0.463 e. The Morgan fingerprint density at radius 3 is 2.53 bits per heavy atom. The quantitative estimate of drug-likeness (QED) is 0.741. The second-order valence-electron chi connectivity index (χ2n) is 6.59. The fraction of sp³-hybridized carbons (Fsp3) is 0.688. The van der Waals surface area contributed by atoms with Gasteiger partial charge in [-0.1, -0.05) is 20.8 Å². The van der Waals surface area contributed by atoms with Gasteiger partial charge in [0.05, 0.1) is 11.7 Å². The SMILES string of the molecule is CC(=O)c1cc([C@@H]2CCC[C@@H](C(C)(C)C)O2)oc1C. The minimum absolute atomic E-state index is 0.00947. The van der Waals surface area contributed by atoms with E-state index >= 15 is 0 Å². The molecule has 0 N–H and O–H groups in total. The Morgan fingerprint density at radius 1 is 1.32 bits per heavy atom. The Morgan fingerprint density at radius 2 is 2.00 bits per heavy atom. The summed E-state index contributed by atoms with van der Waals surface area (Å²) >= 11 is 0. The van der Waals surface area contributed by atoms with Crippen molar-refractivity contribution in [3.05, 3.63) is 23.2 Å². The number of carbonyl (C=O) groups excluding carboxylic acids is 1. The minimum atomic E-state index is -0.00947. The van der Waals surface area contributed by atoms with Crippen molar-refractivity contribution in [3.8, 4) is 0 Å². The summed E-state index contributed by atoms with van der Waals surface area (Å²) in [4.78, 5) is 11.5. The molecule has 0 aliphatic carbocycles. The molecule has 0 radical (unpaired) electrons. The number of carbonyl (C=O) groups is 1. The molecule has 1 saturated heterocycles. The van der Waals surface area contributed by atoms with E-state index in [1.165, 1.54) is 0 Å². The highest BCUT2D eigenvalue weighted by Gasteiger charge is 2.33. The van der Waals surface area contributed by atoms with Gasteiger partial charge in [-0.3, -0.25) is 4.79 Å². The summed E-state index contributed by atoms with van der Waals surface area (Å²) in [5, 5.41) is 0. The van der Waals surface area contributed by atoms with Crippen LogP contribution < -0.4 is 0 Å². The molecular weight excluding hydrogens is 240 g/mol. The second-order valence-corrected chi connectivity index (χ2v) is 6.59. The predicted octanol–water partition coefficient (Wildman–Crippen LogP) is 4.45. The van der Waals surface area contributed by atoms with E-state index in [0.717, 1.165) is 25.0 Å². The lowest BCUT2D eigenvalue weighted by Gasteiger charge is -2.37. The van der Waals surface area contributed by atoms with Crippen LogP contribution in [0.15, 0.2) is 10.5 Å². The topological polar surface area (TPSA) is 39.4 Å². The molecule has 0 unspecified atom stereocenters. The van der Waals surface area contributed by atoms with Gasteiger partial charge in [-0.15, -0.1) is 0 Å². The highest BCUT2D eigenvalue weighted by Crippen LogP contribution is 2.39. The number of ether oxygens (including phenoxy) is 1. The van der Waals surface area contributed by atoms with Crippen molar-refractivity contribution in [2.24, 2.45) is 5.41 Å². The monoisotopic (exact) mass is 264 g/mol. The number of rotatable bonds is 2. The standard InChI is InChI=1S/C16H24O3/c1-10(17)12-9-14(18-11(12)2)13-7-6-8-15(19-13)16(3,4)5/h9,13,15H,6-8H2,1-5H3/t13-,15-/m0/s1. The molecular formula is C16H24O3. The Balaban J connectivity index is 2.18. The van der Waals surface area contributed by atoms with Crippen molar-refractivity contribution in [2.45, 2.75) is 66.1 Å². The smallest absolute Gasteiger partial charge is 0.163 e. The Kier molecular flexibility index (Phi) is 3.86. The fourth-order valence-corrected chi connectivity index (χ4v) is 2.68. The summed E-state index contributed by atoms with van der Waals surface area (Å²) in [7, 11) is 0. The number of hydrogen-bond acceptors (Lipinski definition) is 3. The van der Waals surface area contributed by atoms with E-state index in [2.05, 4.69) is 20.8 Å². The minimum Gasteiger partial charge on any atom is -0.463 e. The summed E-state index contributed by atoms with van der Waals surface area (Å²) in [6.07, 6.45) is 3.44. The van der Waals surface area contributed by atoms with Crippen LogP contribution in [0.1, 0.15) is 74.9 Å². The van der Waals surface area contributed by atoms with E-state index in [4.69, 9.17) is 9.15 Å². The first kappa shape index (κ1) is 14.3. The molecule has 0 bridgehead atoms. The Labute approximate surface area is 115 Å². The van der Waals surface area contributed by atoms with Gasteiger partial charge in [0.25, 0.3) is 0 Å². The molecule has 1 aliphatic heterocycles. The molecule has 1 aromatic rings. The number of hydrogen-bond donors (Lipinski definition) is 0. The van der Waals surface area contributed by atoms with Crippen LogP contribution in [0.5, 0.6) is 0 Å². The predicted molar refractivity (Wildman–Crippen MR) is 74.4 cm³/mol. The number of aryl methyl sites for hydroxylation is 1. The van der Waals surface area contributed by atoms with E-state index in [1.54, 1.807) is 6.92 Å². The van der Waals surface area contributed by atoms with Crippen molar-refractivity contribution in [1.82, 2.24) is 0 Å². The molecule has 2 heterocycles. The Hall–Kier alpha value is -1.09. The van der Waals surface area contributed by atoms with E-state index in [9.17, 15) is 4.79 Å². The van der Waals surface area contributed by atoms with Crippen molar-refractivity contribution >= 4 is 5.78 Å². The zero-order valence-electron chi connectivity index (χ0n) is 12.6. The average Bonchev–Trinajstić information content (AvgIpc) is 2.70. The first-order chi connectivity index (χ1) is 8.79. The molecule has 2 rings (SSSR count). The van der Waals surface area contributed by atoms with E-state index in [-0.39, 0.29) is 23.4 Å². The zero-order chi connectivity index (χ0) is 14.2. The summed E-state index contributed by atoms with van der Waals surface area (Å²) in [5.41, 5.74) is 0.820. The van der Waals surface area contributed by atoms with Crippen LogP contribution in [0, 0.1) is 12.3 Å². The highest BCUT2D eigenvalue weighted by molar-refractivity contribution is 5.95. The van der Waals surface area contributed by atoms with Crippen LogP contribution in [-0.2, 0) is 4.74 Å². The van der Waals surface area contributed by atoms with E-state index in [0.29, 0.717) is 11.3 Å². The first-order valence-electron chi connectivity index (χ1n) is 7.05. The van der Waals surface area contributed by atoms with Crippen molar-refractivity contribution in [2.75, 3.05) is 0 Å². The van der Waals surface area contributed by atoms with Gasteiger partial charge in [0.2, 0.25) is 0 Å². The maximum absolute atomic E-state index is 11.5. The first-order valence-corrected chi connectivity index (χ1v) is 7.05. The maximum Gasteiger partial charge on any atom is 0.163 e. The van der Waals surface area contributed by atoms with Crippen LogP contribution in [0.2, 0.25) is 0 Å². The molecule has 3 heteroatoms. The fourth-order valence-electron chi connectivity index (χ4n) is 2.68. The number of furan rings is 1. The van der Waals surface area contributed by atoms with Gasteiger partial charge in [0.1, 0.15) is 17.6 Å². The summed E-state index contributed by atoms with van der Waals surface area (Å²) in [6.45, 7) is 10.0. The van der Waals surface area contributed by atoms with Crippen molar-refractivity contribution in [1.29, 1.82) is 0 Å². The summed E-state index contributed by atoms with van der Waals surface area (Å²) in [5.74, 6) is 1.55. The van der Waals surface area contributed by atoms with E-state index in [1.807, 2.05) is 13.0 Å². The van der Waals surface area contributed by atoms with Crippen molar-refractivity contribution in [3.63, 3.8) is 0 Å². The third-order valence-corrected chi connectivity index (χ3v) is 3.86. The molecule has 1 aliphatic rings. The number of ketones is 1. The van der Waals surface area contributed by atoms with Gasteiger partial charge in [-0.05, 0) is 44.6 Å². The lowest BCUT2D eigenvalue weighted by atomic mass is 9.84. The third kappa shape index (κ3) is 3.08. The Bertz CT molecular complexity index is 465. The maximum atomic E-state index is 11.5. The van der Waals surface area contributed by atoms with Crippen LogP contribution in [0.3, 0.4) is 0 Å². The van der Waals surface area contributed by atoms with Gasteiger partial charge in [0, 0.05) is 0 Å². The van der Waals surface area contributed by atoms with Crippen LogP contribution in [0.4, 0.5) is 0 Å². The van der Waals surface area contributed by atoms with E-state index < -0.39 is 0 Å². The second kappa shape index (κ2) is 5.12. The van der Waals surface area contributed by atoms with Crippen LogP contribution in [0.25, 0.3) is 0 Å². The summed E-state index contributed by atoms with van der Waals surface area (Å²) < 4.78 is 11.9. The highest BCUT2D eigenvalue weighted by atomic mass is 16.5. The van der Waals surface area contributed by atoms with Crippen molar-refractivity contribution < 1.29 is 13.9 Å². The molecule has 0 aromatic carbocycles. The number of Topliss-reactive ketones (excluding diaryl/α,β-unsaturated/α-hetero) is 1.